The molecule has 0 aromatic carbocycles. The number of fused-ring (bicyclic) bond motifs is 1. The lowest BCUT2D eigenvalue weighted by molar-refractivity contribution is -0.143. The number of nitrogens with zero attached hydrogens (tertiary/aromatic N) is 5. The summed E-state index contributed by atoms with van der Waals surface area (Å²) in [6.07, 6.45) is 4.91. The van der Waals surface area contributed by atoms with Crippen molar-refractivity contribution in [3.05, 3.63) is 64.5 Å². The van der Waals surface area contributed by atoms with Gasteiger partial charge in [0.2, 0.25) is 5.95 Å². The van der Waals surface area contributed by atoms with Gasteiger partial charge in [-0.15, -0.1) is 0 Å². The first-order valence-electron chi connectivity index (χ1n) is 7.65. The van der Waals surface area contributed by atoms with Crippen LogP contribution in [0.15, 0.2) is 47.7 Å². The summed E-state index contributed by atoms with van der Waals surface area (Å²) in [5, 5.41) is 0. The van der Waals surface area contributed by atoms with Crippen LogP contribution in [0.3, 0.4) is 0 Å². The van der Waals surface area contributed by atoms with Crippen molar-refractivity contribution >= 4 is 17.6 Å². The van der Waals surface area contributed by atoms with Crippen molar-refractivity contribution in [2.24, 2.45) is 0 Å². The highest BCUT2D eigenvalue weighted by atomic mass is 16.5. The van der Waals surface area contributed by atoms with Gasteiger partial charge in [-0.05, 0) is 24.6 Å². The zero-order chi connectivity index (χ0) is 17.8. The van der Waals surface area contributed by atoms with Crippen LogP contribution in [0.2, 0.25) is 0 Å². The molecule has 0 aliphatic rings. The average molecular weight is 339 g/mol. The minimum atomic E-state index is -0.458. The van der Waals surface area contributed by atoms with Crippen molar-refractivity contribution in [3.8, 4) is 0 Å². The highest BCUT2D eigenvalue weighted by molar-refractivity contribution is 5.74. The molecule has 0 spiro atoms. The van der Waals surface area contributed by atoms with E-state index in [4.69, 9.17) is 4.74 Å². The van der Waals surface area contributed by atoms with Gasteiger partial charge in [-0.3, -0.25) is 14.0 Å². The second kappa shape index (κ2) is 7.08. The first-order valence-corrected chi connectivity index (χ1v) is 7.65. The number of rotatable bonds is 5. The number of aromatic nitrogens is 4. The number of carbonyl (C=O) groups excluding carboxylic acids is 1. The summed E-state index contributed by atoms with van der Waals surface area (Å²) in [5.41, 5.74) is 1.66. The van der Waals surface area contributed by atoms with E-state index in [1.165, 1.54) is 10.5 Å². The zero-order valence-electron chi connectivity index (χ0n) is 13.9. The monoisotopic (exact) mass is 339 g/mol. The molecule has 8 nitrogen and oxygen atoms in total. The third-order valence-electron chi connectivity index (χ3n) is 3.50. The Kier molecular flexibility index (Phi) is 4.69. The zero-order valence-corrected chi connectivity index (χ0v) is 13.9. The number of anilines is 1. The quantitative estimate of drug-likeness (QED) is 0.640. The van der Waals surface area contributed by atoms with E-state index in [1.807, 2.05) is 13.0 Å². The van der Waals surface area contributed by atoms with Crippen LogP contribution in [0.4, 0.5) is 5.95 Å². The van der Waals surface area contributed by atoms with Crippen molar-refractivity contribution in [2.45, 2.75) is 13.5 Å². The van der Waals surface area contributed by atoms with Gasteiger partial charge in [0.05, 0.1) is 5.69 Å². The molecule has 0 saturated heterocycles. The van der Waals surface area contributed by atoms with Crippen LogP contribution in [0.25, 0.3) is 5.65 Å². The third-order valence-corrected chi connectivity index (χ3v) is 3.50. The number of ether oxygens (including phenoxy) is 1. The van der Waals surface area contributed by atoms with Gasteiger partial charge in [-0.25, -0.2) is 15.0 Å². The Balaban J connectivity index is 1.65. The number of carbonyl (C=O) groups is 1. The van der Waals surface area contributed by atoms with E-state index >= 15 is 0 Å². The fraction of sp³-hybridized carbons (Fsp3) is 0.235. The maximum Gasteiger partial charge on any atom is 0.326 e. The molecule has 3 heterocycles. The highest BCUT2D eigenvalue weighted by Crippen LogP contribution is 2.05. The van der Waals surface area contributed by atoms with Crippen LogP contribution in [0.1, 0.15) is 11.3 Å². The second-order valence-electron chi connectivity index (χ2n) is 5.59. The predicted molar refractivity (Wildman–Crippen MR) is 91.3 cm³/mol. The van der Waals surface area contributed by atoms with E-state index in [0.29, 0.717) is 17.3 Å². The molecule has 0 radical (unpaired) electrons. The summed E-state index contributed by atoms with van der Waals surface area (Å²) in [5.74, 6) is -0.0299. The maximum atomic E-state index is 12.1. The van der Waals surface area contributed by atoms with Gasteiger partial charge in [0.25, 0.3) is 5.56 Å². The first kappa shape index (κ1) is 16.6. The molecule has 0 fully saturated rings. The average Bonchev–Trinajstić information content (AvgIpc) is 2.61. The van der Waals surface area contributed by atoms with Gasteiger partial charge in [-0.2, -0.15) is 0 Å². The minimum absolute atomic E-state index is 0.00419. The molecule has 0 aliphatic carbocycles. The number of hydrogen-bond donors (Lipinski definition) is 0. The van der Waals surface area contributed by atoms with E-state index in [1.54, 1.807) is 42.7 Å². The van der Waals surface area contributed by atoms with Crippen LogP contribution in [0, 0.1) is 6.92 Å². The van der Waals surface area contributed by atoms with Crippen LogP contribution in [0.5, 0.6) is 0 Å². The number of aryl methyl sites for hydroxylation is 1. The van der Waals surface area contributed by atoms with E-state index in [-0.39, 0.29) is 18.7 Å². The molecule has 25 heavy (non-hydrogen) atoms. The SMILES string of the molecule is Cc1ccc2nc(COC(=O)CN(C)c3ncccn3)cc(=O)n2c1. The van der Waals surface area contributed by atoms with E-state index in [9.17, 15) is 9.59 Å². The van der Waals surface area contributed by atoms with Gasteiger partial charge in [-0.1, -0.05) is 6.07 Å². The molecule has 3 rings (SSSR count). The Labute approximate surface area is 143 Å². The van der Waals surface area contributed by atoms with Crippen LogP contribution >= 0.6 is 0 Å². The lowest BCUT2D eigenvalue weighted by Gasteiger charge is -2.15. The number of hydrogen-bond acceptors (Lipinski definition) is 7. The first-order chi connectivity index (χ1) is 12.0. The van der Waals surface area contributed by atoms with Crippen molar-refractivity contribution < 1.29 is 9.53 Å². The smallest absolute Gasteiger partial charge is 0.326 e. The maximum absolute atomic E-state index is 12.1. The Bertz CT molecular complexity index is 955. The summed E-state index contributed by atoms with van der Waals surface area (Å²) >= 11 is 0. The normalized spacial score (nSPS) is 10.6. The van der Waals surface area contributed by atoms with Gasteiger partial charge < -0.3 is 9.64 Å². The van der Waals surface area contributed by atoms with E-state index < -0.39 is 5.97 Å². The Morgan fingerprint density at radius 1 is 1.28 bits per heavy atom. The molecule has 0 aliphatic heterocycles. The summed E-state index contributed by atoms with van der Waals surface area (Å²) < 4.78 is 6.66. The number of esters is 1. The molecule has 0 bridgehead atoms. The molecule has 0 amide bonds. The van der Waals surface area contributed by atoms with Crippen molar-refractivity contribution in [1.82, 2.24) is 19.4 Å². The van der Waals surface area contributed by atoms with Crippen molar-refractivity contribution in [3.63, 3.8) is 0 Å². The summed E-state index contributed by atoms with van der Waals surface area (Å²) in [6.45, 7) is 1.83. The van der Waals surface area contributed by atoms with Crippen molar-refractivity contribution in [1.29, 1.82) is 0 Å². The Morgan fingerprint density at radius 3 is 2.80 bits per heavy atom. The van der Waals surface area contributed by atoms with Crippen LogP contribution in [-0.2, 0) is 16.1 Å². The topological polar surface area (TPSA) is 89.7 Å². The molecular formula is C17H17N5O3. The lowest BCUT2D eigenvalue weighted by Crippen LogP contribution is -2.28. The minimum Gasteiger partial charge on any atom is -0.458 e. The van der Waals surface area contributed by atoms with Crippen LogP contribution in [-0.4, -0.2) is 38.9 Å². The standard InChI is InChI=1S/C17H17N5O3/c1-12-4-5-14-20-13(8-15(23)22(14)9-12)11-25-16(24)10-21(2)17-18-6-3-7-19-17/h3-9H,10-11H2,1-2H3. The summed E-state index contributed by atoms with van der Waals surface area (Å²) in [7, 11) is 1.69. The largest absolute Gasteiger partial charge is 0.458 e. The molecular weight excluding hydrogens is 322 g/mol. The van der Waals surface area contributed by atoms with Gasteiger partial charge in [0.1, 0.15) is 18.8 Å². The Hall–Kier alpha value is -3.29. The second-order valence-corrected chi connectivity index (χ2v) is 5.59. The molecule has 0 unspecified atom stereocenters. The fourth-order valence-electron chi connectivity index (χ4n) is 2.28. The lowest BCUT2D eigenvalue weighted by atomic mass is 10.3. The Morgan fingerprint density at radius 2 is 2.04 bits per heavy atom. The van der Waals surface area contributed by atoms with Gasteiger partial charge in [0.15, 0.2) is 0 Å². The summed E-state index contributed by atoms with van der Waals surface area (Å²) in [4.78, 5) is 38.1. The molecule has 3 aromatic heterocycles. The molecule has 8 heteroatoms. The summed E-state index contributed by atoms with van der Waals surface area (Å²) in [6, 6.07) is 6.68. The third kappa shape index (κ3) is 3.97. The van der Waals surface area contributed by atoms with Gasteiger partial charge >= 0.3 is 5.97 Å². The van der Waals surface area contributed by atoms with Crippen LogP contribution < -0.4 is 10.5 Å². The van der Waals surface area contributed by atoms with Crippen molar-refractivity contribution in [2.75, 3.05) is 18.5 Å². The van der Waals surface area contributed by atoms with E-state index in [2.05, 4.69) is 15.0 Å². The molecule has 0 saturated carbocycles. The molecule has 128 valence electrons. The number of pyridine rings is 1. The molecule has 3 aromatic rings. The van der Waals surface area contributed by atoms with Gasteiger partial charge in [0, 0.05) is 31.7 Å². The molecule has 0 N–H and O–H groups in total. The predicted octanol–water partition coefficient (Wildman–Crippen LogP) is 0.973. The van der Waals surface area contributed by atoms with E-state index in [0.717, 1.165) is 5.56 Å². The number of likely N-dealkylation sites (N-methyl/N-ethyl adjacent to an activating group) is 1. The fourth-order valence-corrected chi connectivity index (χ4v) is 2.28. The highest BCUT2D eigenvalue weighted by Gasteiger charge is 2.11. The molecule has 0 atom stereocenters.